The lowest BCUT2D eigenvalue weighted by Gasteiger charge is -2.07. The fourth-order valence-corrected chi connectivity index (χ4v) is 2.13. The number of halogens is 2. The van der Waals surface area contributed by atoms with Crippen molar-refractivity contribution < 1.29 is 9.18 Å². The van der Waals surface area contributed by atoms with Crippen LogP contribution in [0.15, 0.2) is 41.8 Å². The van der Waals surface area contributed by atoms with Gasteiger partial charge in [-0.25, -0.2) is 14.4 Å². The molecule has 0 aliphatic rings. The second-order valence-electron chi connectivity index (χ2n) is 4.60. The van der Waals surface area contributed by atoms with Gasteiger partial charge in [-0.1, -0.05) is 11.6 Å². The van der Waals surface area contributed by atoms with E-state index in [0.29, 0.717) is 0 Å². The lowest BCUT2D eigenvalue weighted by Crippen LogP contribution is -2.28. The predicted octanol–water partition coefficient (Wildman–Crippen LogP) is 1.62. The van der Waals surface area contributed by atoms with Gasteiger partial charge in [0.1, 0.15) is 12.4 Å². The van der Waals surface area contributed by atoms with Gasteiger partial charge in [0, 0.05) is 18.5 Å². The SMILES string of the molecule is O=C(Cn1cnc2cc(F)c(Cl)cc2c1=O)Nc1cnccn1. The molecule has 1 amide bonds. The number of carbonyl (C=O) groups excluding carboxylic acids is 1. The third-order valence-corrected chi connectivity index (χ3v) is 3.30. The molecule has 1 aromatic carbocycles. The van der Waals surface area contributed by atoms with Gasteiger partial charge in [-0.3, -0.25) is 19.1 Å². The second kappa shape index (κ2) is 6.09. The molecule has 3 aromatic rings. The topological polar surface area (TPSA) is 89.8 Å². The third kappa shape index (κ3) is 3.16. The number of aromatic nitrogens is 4. The summed E-state index contributed by atoms with van der Waals surface area (Å²) in [5, 5.41) is 2.45. The van der Waals surface area contributed by atoms with E-state index in [2.05, 4.69) is 20.3 Å². The number of anilines is 1. The summed E-state index contributed by atoms with van der Waals surface area (Å²) in [4.78, 5) is 35.9. The monoisotopic (exact) mass is 333 g/mol. The number of nitrogens with one attached hydrogen (secondary N) is 1. The first-order valence-corrected chi connectivity index (χ1v) is 6.82. The lowest BCUT2D eigenvalue weighted by atomic mass is 10.2. The molecule has 0 unspecified atom stereocenters. The van der Waals surface area contributed by atoms with Crippen LogP contribution in [0.3, 0.4) is 0 Å². The van der Waals surface area contributed by atoms with Crippen LogP contribution in [0.4, 0.5) is 10.2 Å². The molecule has 2 heterocycles. The average molecular weight is 334 g/mol. The Bertz CT molecular complexity index is 945. The Hall–Kier alpha value is -2.87. The summed E-state index contributed by atoms with van der Waals surface area (Å²) >= 11 is 5.68. The zero-order valence-electron chi connectivity index (χ0n) is 11.5. The highest BCUT2D eigenvalue weighted by molar-refractivity contribution is 6.31. The van der Waals surface area contributed by atoms with Crippen molar-refractivity contribution >= 4 is 34.2 Å². The molecule has 23 heavy (non-hydrogen) atoms. The first-order chi connectivity index (χ1) is 11.0. The molecule has 2 aromatic heterocycles. The molecule has 0 saturated carbocycles. The van der Waals surface area contributed by atoms with Crippen molar-refractivity contribution in [1.29, 1.82) is 0 Å². The molecular formula is C14H9ClFN5O2. The minimum atomic E-state index is -0.663. The van der Waals surface area contributed by atoms with E-state index in [9.17, 15) is 14.0 Å². The van der Waals surface area contributed by atoms with E-state index in [-0.39, 0.29) is 28.3 Å². The van der Waals surface area contributed by atoms with E-state index in [4.69, 9.17) is 11.6 Å². The number of hydrogen-bond donors (Lipinski definition) is 1. The molecular weight excluding hydrogens is 325 g/mol. The Balaban J connectivity index is 1.89. The summed E-state index contributed by atoms with van der Waals surface area (Å²) < 4.78 is 14.5. The van der Waals surface area contributed by atoms with Crippen LogP contribution in [0.25, 0.3) is 10.9 Å². The van der Waals surface area contributed by atoms with Gasteiger partial charge < -0.3 is 5.32 Å². The van der Waals surface area contributed by atoms with Crippen LogP contribution < -0.4 is 10.9 Å². The van der Waals surface area contributed by atoms with E-state index in [1.165, 1.54) is 31.0 Å². The maximum absolute atomic E-state index is 13.4. The maximum Gasteiger partial charge on any atom is 0.261 e. The molecule has 0 atom stereocenters. The number of benzene rings is 1. The molecule has 0 fully saturated rings. The van der Waals surface area contributed by atoms with Crippen LogP contribution in [0, 0.1) is 5.82 Å². The van der Waals surface area contributed by atoms with E-state index in [1.54, 1.807) is 0 Å². The second-order valence-corrected chi connectivity index (χ2v) is 5.01. The van der Waals surface area contributed by atoms with Crippen molar-refractivity contribution in [2.75, 3.05) is 5.32 Å². The number of rotatable bonds is 3. The molecule has 7 nitrogen and oxygen atoms in total. The number of hydrogen-bond acceptors (Lipinski definition) is 5. The van der Waals surface area contributed by atoms with Crippen LogP contribution >= 0.6 is 11.6 Å². The predicted molar refractivity (Wildman–Crippen MR) is 81.6 cm³/mol. The molecule has 0 saturated heterocycles. The van der Waals surface area contributed by atoms with Gasteiger partial charge in [-0.15, -0.1) is 0 Å². The minimum Gasteiger partial charge on any atom is -0.308 e. The average Bonchev–Trinajstić information content (AvgIpc) is 2.53. The van der Waals surface area contributed by atoms with Crippen LogP contribution in [0.1, 0.15) is 0 Å². The number of nitrogens with zero attached hydrogens (tertiary/aromatic N) is 4. The van der Waals surface area contributed by atoms with Gasteiger partial charge in [-0.05, 0) is 6.07 Å². The highest BCUT2D eigenvalue weighted by Crippen LogP contribution is 2.18. The summed E-state index contributed by atoms with van der Waals surface area (Å²) in [5.41, 5.74) is -0.325. The van der Waals surface area contributed by atoms with E-state index >= 15 is 0 Å². The zero-order chi connectivity index (χ0) is 16.4. The Kier molecular flexibility index (Phi) is 3.98. The molecule has 0 aliphatic carbocycles. The summed E-state index contributed by atoms with van der Waals surface area (Å²) in [6.45, 7) is -0.270. The molecule has 0 bridgehead atoms. The Morgan fingerprint density at radius 1 is 1.30 bits per heavy atom. The van der Waals surface area contributed by atoms with Crippen molar-refractivity contribution in [3.8, 4) is 0 Å². The number of carbonyl (C=O) groups is 1. The van der Waals surface area contributed by atoms with Crippen molar-refractivity contribution in [2.24, 2.45) is 0 Å². The number of amides is 1. The molecule has 0 aliphatic heterocycles. The molecule has 9 heteroatoms. The Morgan fingerprint density at radius 3 is 2.87 bits per heavy atom. The van der Waals surface area contributed by atoms with Gasteiger partial charge in [0.2, 0.25) is 5.91 Å². The normalized spacial score (nSPS) is 10.7. The Morgan fingerprint density at radius 2 is 2.13 bits per heavy atom. The fraction of sp³-hybridized carbons (Fsp3) is 0.0714. The Labute approximate surface area is 133 Å². The fourth-order valence-electron chi connectivity index (χ4n) is 1.97. The lowest BCUT2D eigenvalue weighted by molar-refractivity contribution is -0.116. The van der Waals surface area contributed by atoms with Gasteiger partial charge >= 0.3 is 0 Å². The summed E-state index contributed by atoms with van der Waals surface area (Å²) in [6.07, 6.45) is 5.45. The van der Waals surface area contributed by atoms with E-state index in [1.807, 2.05) is 0 Å². The quantitative estimate of drug-likeness (QED) is 0.786. The number of fused-ring (bicyclic) bond motifs is 1. The largest absolute Gasteiger partial charge is 0.308 e. The molecule has 0 radical (unpaired) electrons. The van der Waals surface area contributed by atoms with Crippen molar-refractivity contribution in [2.45, 2.75) is 6.54 Å². The standard InChI is InChI=1S/C14H9ClFN5O2/c15-9-3-8-11(4-10(9)16)19-7-21(14(8)23)6-13(22)20-12-5-17-1-2-18-12/h1-5,7H,6H2,(H,18,20,22). The van der Waals surface area contributed by atoms with Crippen LogP contribution in [0.5, 0.6) is 0 Å². The first-order valence-electron chi connectivity index (χ1n) is 6.44. The van der Waals surface area contributed by atoms with Gasteiger partial charge in [0.15, 0.2) is 5.82 Å². The summed E-state index contributed by atoms with van der Waals surface area (Å²) in [6, 6.07) is 2.27. The molecule has 116 valence electrons. The van der Waals surface area contributed by atoms with Crippen LogP contribution in [-0.2, 0) is 11.3 Å². The van der Waals surface area contributed by atoms with Gasteiger partial charge in [-0.2, -0.15) is 0 Å². The highest BCUT2D eigenvalue weighted by atomic mass is 35.5. The minimum absolute atomic E-state index is 0.131. The summed E-state index contributed by atoms with van der Waals surface area (Å²) in [7, 11) is 0. The van der Waals surface area contributed by atoms with Crippen molar-refractivity contribution in [3.63, 3.8) is 0 Å². The molecule has 0 spiro atoms. The van der Waals surface area contributed by atoms with E-state index in [0.717, 1.165) is 10.6 Å². The zero-order valence-corrected chi connectivity index (χ0v) is 12.3. The van der Waals surface area contributed by atoms with Crippen LogP contribution in [-0.4, -0.2) is 25.4 Å². The highest BCUT2D eigenvalue weighted by Gasteiger charge is 2.11. The van der Waals surface area contributed by atoms with E-state index < -0.39 is 17.3 Å². The first kappa shape index (κ1) is 15.0. The molecule has 3 rings (SSSR count). The van der Waals surface area contributed by atoms with Crippen LogP contribution in [0.2, 0.25) is 5.02 Å². The summed E-state index contributed by atoms with van der Waals surface area (Å²) in [5.74, 6) is -0.865. The van der Waals surface area contributed by atoms with Gasteiger partial charge in [0.25, 0.3) is 5.56 Å². The third-order valence-electron chi connectivity index (χ3n) is 3.01. The van der Waals surface area contributed by atoms with Crippen molar-refractivity contribution in [1.82, 2.24) is 19.5 Å². The van der Waals surface area contributed by atoms with Crippen molar-refractivity contribution in [3.05, 3.63) is 58.2 Å². The maximum atomic E-state index is 13.4. The van der Waals surface area contributed by atoms with Gasteiger partial charge in [0.05, 0.1) is 28.4 Å². The molecule has 1 N–H and O–H groups in total. The smallest absolute Gasteiger partial charge is 0.261 e.